The molecule has 7 nitrogen and oxygen atoms in total. The van der Waals surface area contributed by atoms with Gasteiger partial charge in [0.05, 0.1) is 29.2 Å². The Balaban J connectivity index is 1.57. The van der Waals surface area contributed by atoms with Crippen LogP contribution in [-0.4, -0.2) is 49.8 Å². The highest BCUT2D eigenvalue weighted by Gasteiger charge is 2.33. The maximum absolute atomic E-state index is 13.6. The normalized spacial score (nSPS) is 22.2. The van der Waals surface area contributed by atoms with Gasteiger partial charge in [0.1, 0.15) is 15.8 Å². The number of ether oxygens (including phenoxy) is 1. The van der Waals surface area contributed by atoms with Gasteiger partial charge in [-0.1, -0.05) is 60.4 Å². The van der Waals surface area contributed by atoms with Crippen molar-refractivity contribution in [3.05, 3.63) is 81.1 Å². The third-order valence-electron chi connectivity index (χ3n) is 5.80. The lowest BCUT2D eigenvalue weighted by molar-refractivity contribution is -0.122. The van der Waals surface area contributed by atoms with Crippen molar-refractivity contribution < 1.29 is 9.53 Å². The average Bonchev–Trinajstić information content (AvgIpc) is 3.08. The van der Waals surface area contributed by atoms with Crippen LogP contribution in [0.25, 0.3) is 11.7 Å². The Labute approximate surface area is 207 Å². The van der Waals surface area contributed by atoms with E-state index in [0.29, 0.717) is 45.9 Å². The summed E-state index contributed by atoms with van der Waals surface area (Å²) in [7, 11) is 0. The standard InChI is InChI=1S/C25H24N4O3S2/c1-16-13-27(14-17(2)32-16)22-19(23(30)28-11-7-6-10-21(28)26-22)12-20-24(31)29(25(33)34-20)15-18-8-4-3-5-9-18/h3-12,16-17H,13-15H2,1-2H3/b20-12+. The van der Waals surface area contributed by atoms with Crippen molar-refractivity contribution in [3.63, 3.8) is 0 Å². The summed E-state index contributed by atoms with van der Waals surface area (Å²) >= 11 is 6.73. The van der Waals surface area contributed by atoms with Gasteiger partial charge in [-0.05, 0) is 37.6 Å². The minimum atomic E-state index is -0.222. The van der Waals surface area contributed by atoms with Gasteiger partial charge in [-0.15, -0.1) is 0 Å². The Kier molecular flexibility index (Phi) is 6.24. The van der Waals surface area contributed by atoms with Gasteiger partial charge in [0.25, 0.3) is 11.5 Å². The molecule has 2 aliphatic rings. The maximum atomic E-state index is 13.6. The van der Waals surface area contributed by atoms with Gasteiger partial charge in [-0.2, -0.15) is 0 Å². The molecule has 2 fully saturated rings. The lowest BCUT2D eigenvalue weighted by Crippen LogP contribution is -2.46. The fraction of sp³-hybridized carbons (Fsp3) is 0.280. The number of amides is 1. The predicted molar refractivity (Wildman–Crippen MR) is 139 cm³/mol. The highest BCUT2D eigenvalue weighted by molar-refractivity contribution is 8.26. The molecule has 4 heterocycles. The first-order valence-electron chi connectivity index (χ1n) is 11.1. The minimum absolute atomic E-state index is 0.00305. The Morgan fingerprint density at radius 1 is 1.09 bits per heavy atom. The van der Waals surface area contributed by atoms with E-state index in [9.17, 15) is 9.59 Å². The molecule has 3 aromatic rings. The van der Waals surface area contributed by atoms with E-state index in [0.717, 1.165) is 5.56 Å². The van der Waals surface area contributed by atoms with Crippen molar-refractivity contribution in [1.29, 1.82) is 0 Å². The van der Waals surface area contributed by atoms with Gasteiger partial charge in [-0.3, -0.25) is 18.9 Å². The van der Waals surface area contributed by atoms with Crippen LogP contribution in [0.5, 0.6) is 0 Å². The number of rotatable bonds is 4. The molecule has 0 bridgehead atoms. The third kappa shape index (κ3) is 4.38. The summed E-state index contributed by atoms with van der Waals surface area (Å²) in [5.41, 5.74) is 1.71. The smallest absolute Gasteiger partial charge is 0.267 e. The van der Waals surface area contributed by atoms with E-state index in [-0.39, 0.29) is 23.7 Å². The summed E-state index contributed by atoms with van der Waals surface area (Å²) in [4.78, 5) is 35.7. The number of aromatic nitrogens is 2. The maximum Gasteiger partial charge on any atom is 0.267 e. The second kappa shape index (κ2) is 9.32. The van der Waals surface area contributed by atoms with E-state index in [1.54, 1.807) is 29.3 Å². The molecule has 0 saturated carbocycles. The van der Waals surface area contributed by atoms with E-state index in [1.807, 2.05) is 50.2 Å². The largest absolute Gasteiger partial charge is 0.372 e. The third-order valence-corrected chi connectivity index (χ3v) is 7.18. The first-order valence-corrected chi connectivity index (χ1v) is 12.3. The summed E-state index contributed by atoms with van der Waals surface area (Å²) in [6.07, 6.45) is 3.34. The van der Waals surface area contributed by atoms with Crippen molar-refractivity contribution in [3.8, 4) is 0 Å². The Morgan fingerprint density at radius 2 is 1.79 bits per heavy atom. The van der Waals surface area contributed by atoms with Crippen LogP contribution in [0.2, 0.25) is 0 Å². The zero-order valence-electron chi connectivity index (χ0n) is 18.9. The molecule has 174 valence electrons. The number of hydrogen-bond acceptors (Lipinski definition) is 7. The lowest BCUT2D eigenvalue weighted by Gasteiger charge is -2.36. The lowest BCUT2D eigenvalue weighted by atomic mass is 10.1. The number of nitrogens with zero attached hydrogens (tertiary/aromatic N) is 4. The Morgan fingerprint density at radius 3 is 2.53 bits per heavy atom. The van der Waals surface area contributed by atoms with Crippen molar-refractivity contribution >= 4 is 51.7 Å². The monoisotopic (exact) mass is 492 g/mol. The predicted octanol–water partition coefficient (Wildman–Crippen LogP) is 3.71. The number of thioether (sulfide) groups is 1. The Hall–Kier alpha value is -3.01. The van der Waals surface area contributed by atoms with E-state index < -0.39 is 0 Å². The fourth-order valence-electron chi connectivity index (χ4n) is 4.34. The molecule has 0 radical (unpaired) electrons. The molecular weight excluding hydrogens is 468 g/mol. The van der Waals surface area contributed by atoms with E-state index in [1.165, 1.54) is 16.2 Å². The first-order chi connectivity index (χ1) is 16.4. The fourth-order valence-corrected chi connectivity index (χ4v) is 5.58. The Bertz CT molecular complexity index is 1350. The molecule has 2 aliphatic heterocycles. The zero-order chi connectivity index (χ0) is 23.8. The molecule has 0 aliphatic carbocycles. The van der Waals surface area contributed by atoms with E-state index >= 15 is 0 Å². The molecule has 1 aromatic carbocycles. The van der Waals surface area contributed by atoms with Crippen LogP contribution in [0.4, 0.5) is 5.82 Å². The number of benzene rings is 1. The molecule has 2 saturated heterocycles. The summed E-state index contributed by atoms with van der Waals surface area (Å²) in [5, 5.41) is 0. The van der Waals surface area contributed by atoms with Gasteiger partial charge in [-0.25, -0.2) is 4.98 Å². The average molecular weight is 493 g/mol. The van der Waals surface area contributed by atoms with Gasteiger partial charge in [0, 0.05) is 19.3 Å². The van der Waals surface area contributed by atoms with Crippen LogP contribution < -0.4 is 10.5 Å². The number of pyridine rings is 1. The molecule has 0 N–H and O–H groups in total. The SMILES string of the molecule is CC1CN(c2nc3ccccn3c(=O)c2/C=C2/SC(=S)N(Cc3ccccc3)C2=O)CC(C)O1. The quantitative estimate of drug-likeness (QED) is 0.406. The number of hydrogen-bond donors (Lipinski definition) is 0. The molecule has 1 amide bonds. The number of fused-ring (bicyclic) bond motifs is 1. The minimum Gasteiger partial charge on any atom is -0.372 e. The zero-order valence-corrected chi connectivity index (χ0v) is 20.5. The molecule has 2 unspecified atom stereocenters. The molecule has 2 aromatic heterocycles. The molecule has 0 spiro atoms. The van der Waals surface area contributed by atoms with Crippen molar-refractivity contribution in [2.24, 2.45) is 0 Å². The molecule has 5 rings (SSSR count). The van der Waals surface area contributed by atoms with Crippen LogP contribution in [0.1, 0.15) is 25.0 Å². The summed E-state index contributed by atoms with van der Waals surface area (Å²) < 4.78 is 7.86. The summed E-state index contributed by atoms with van der Waals surface area (Å²) in [5.74, 6) is 0.359. The first kappa shape index (κ1) is 22.8. The number of anilines is 1. The molecule has 2 atom stereocenters. The molecule has 34 heavy (non-hydrogen) atoms. The van der Waals surface area contributed by atoms with Gasteiger partial charge in [0.2, 0.25) is 0 Å². The summed E-state index contributed by atoms with van der Waals surface area (Å²) in [6.45, 7) is 5.62. The number of carbonyl (C=O) groups is 1. The van der Waals surface area contributed by atoms with E-state index in [4.69, 9.17) is 21.9 Å². The summed E-state index contributed by atoms with van der Waals surface area (Å²) in [6, 6.07) is 15.2. The van der Waals surface area contributed by atoms with Crippen LogP contribution in [0.15, 0.2) is 64.4 Å². The van der Waals surface area contributed by atoms with Gasteiger partial charge >= 0.3 is 0 Å². The van der Waals surface area contributed by atoms with Crippen molar-refractivity contribution in [2.75, 3.05) is 18.0 Å². The van der Waals surface area contributed by atoms with Crippen LogP contribution >= 0.6 is 24.0 Å². The van der Waals surface area contributed by atoms with Gasteiger partial charge in [0.15, 0.2) is 0 Å². The number of carbonyl (C=O) groups excluding carboxylic acids is 1. The van der Waals surface area contributed by atoms with Crippen molar-refractivity contribution in [1.82, 2.24) is 14.3 Å². The molecule has 9 heteroatoms. The topological polar surface area (TPSA) is 67.2 Å². The van der Waals surface area contributed by atoms with E-state index in [2.05, 4.69) is 4.90 Å². The van der Waals surface area contributed by atoms with Crippen LogP contribution in [-0.2, 0) is 16.1 Å². The van der Waals surface area contributed by atoms with Gasteiger partial charge < -0.3 is 9.64 Å². The van der Waals surface area contributed by atoms with Crippen molar-refractivity contribution in [2.45, 2.75) is 32.6 Å². The highest BCUT2D eigenvalue weighted by atomic mass is 32.2. The number of thiocarbonyl (C=S) groups is 1. The molecular formula is C25H24N4O3S2. The second-order valence-electron chi connectivity index (χ2n) is 8.50. The van der Waals surface area contributed by atoms with Crippen LogP contribution in [0, 0.1) is 0 Å². The second-order valence-corrected chi connectivity index (χ2v) is 10.2. The highest BCUT2D eigenvalue weighted by Crippen LogP contribution is 2.34. The van der Waals surface area contributed by atoms with Crippen LogP contribution in [0.3, 0.4) is 0 Å². The number of morpholine rings is 1.